The van der Waals surface area contributed by atoms with E-state index in [0.29, 0.717) is 58.5 Å². The van der Waals surface area contributed by atoms with Gasteiger partial charge in [0.15, 0.2) is 11.5 Å². The third-order valence-corrected chi connectivity index (χ3v) is 6.23. The highest BCUT2D eigenvalue weighted by Crippen LogP contribution is 2.45. The number of nitrogens with zero attached hydrogens (tertiary/aromatic N) is 2. The molecule has 206 valence electrons. The molecule has 1 aromatic heterocycles. The van der Waals surface area contributed by atoms with Crippen LogP contribution in [-0.2, 0) is 16.0 Å². The van der Waals surface area contributed by atoms with Crippen molar-refractivity contribution in [3.05, 3.63) is 65.0 Å². The zero-order valence-corrected chi connectivity index (χ0v) is 23.4. The Hall–Kier alpha value is -4.27. The summed E-state index contributed by atoms with van der Waals surface area (Å²) in [4.78, 5) is 32.4. The van der Waals surface area contributed by atoms with E-state index in [0.717, 1.165) is 11.1 Å². The first-order chi connectivity index (χ1) is 18.5. The molecule has 0 aliphatic carbocycles. The minimum atomic E-state index is -0.739. The van der Waals surface area contributed by atoms with E-state index in [4.69, 9.17) is 23.7 Å². The normalized spacial score (nSPS) is 12.5. The minimum absolute atomic E-state index is 0.106. The van der Waals surface area contributed by atoms with Gasteiger partial charge in [-0.25, -0.2) is 9.59 Å². The second kappa shape index (κ2) is 11.2. The molecule has 2 heterocycles. The lowest BCUT2D eigenvalue weighted by molar-refractivity contribution is 0.0573. The number of methoxy groups -OCH3 is 2. The average molecular weight is 535 g/mol. The van der Waals surface area contributed by atoms with Gasteiger partial charge in [0.2, 0.25) is 0 Å². The van der Waals surface area contributed by atoms with Crippen LogP contribution in [0.5, 0.6) is 17.2 Å². The number of aryl methyl sites for hydroxylation is 1. The number of hydrogen-bond acceptors (Lipinski definition) is 8. The fourth-order valence-corrected chi connectivity index (χ4v) is 4.46. The predicted molar refractivity (Wildman–Crippen MR) is 147 cm³/mol. The number of fused-ring (bicyclic) bond motifs is 1. The van der Waals surface area contributed by atoms with Gasteiger partial charge in [-0.15, -0.1) is 0 Å². The van der Waals surface area contributed by atoms with Crippen LogP contribution in [0.25, 0.3) is 11.1 Å². The van der Waals surface area contributed by atoms with Gasteiger partial charge in [-0.05, 0) is 46.8 Å². The number of hydrogen-bond donors (Lipinski definition) is 0. The quantitative estimate of drug-likeness (QED) is 0.362. The maximum atomic E-state index is 13.6. The maximum absolute atomic E-state index is 13.6. The van der Waals surface area contributed by atoms with Gasteiger partial charge < -0.3 is 23.7 Å². The topological polar surface area (TPSA) is 96.4 Å². The Morgan fingerprint density at radius 3 is 2.44 bits per heavy atom. The van der Waals surface area contributed by atoms with Crippen LogP contribution in [0, 0.1) is 13.8 Å². The van der Waals surface area contributed by atoms with E-state index >= 15 is 0 Å². The van der Waals surface area contributed by atoms with Crippen molar-refractivity contribution in [3.8, 4) is 28.4 Å². The number of aromatic nitrogens is 1. The van der Waals surface area contributed by atoms with Crippen LogP contribution in [0.4, 0.5) is 10.5 Å². The third kappa shape index (κ3) is 5.92. The number of carbonyl (C=O) groups excluding carboxylic acids is 2. The SMILES string of the molecule is COC(=O)c1ccccc1-c1cc(N(Cc2ncc(C)c(OC)c2C)C(=O)OC(C)(C)C)cc2c1OCCO2. The third-order valence-electron chi connectivity index (χ3n) is 6.23. The number of benzene rings is 2. The van der Waals surface area contributed by atoms with Crippen molar-refractivity contribution in [2.45, 2.75) is 46.8 Å². The van der Waals surface area contributed by atoms with Gasteiger partial charge >= 0.3 is 12.1 Å². The monoisotopic (exact) mass is 534 g/mol. The highest BCUT2D eigenvalue weighted by Gasteiger charge is 2.29. The Morgan fingerprint density at radius 2 is 1.74 bits per heavy atom. The molecule has 3 aromatic rings. The number of anilines is 1. The van der Waals surface area contributed by atoms with Gasteiger partial charge in [0, 0.05) is 34.5 Å². The van der Waals surface area contributed by atoms with Crippen LogP contribution in [0.2, 0.25) is 0 Å². The first-order valence-corrected chi connectivity index (χ1v) is 12.6. The second-order valence-electron chi connectivity index (χ2n) is 10.2. The number of rotatable bonds is 6. The van der Waals surface area contributed by atoms with Gasteiger partial charge in [0.05, 0.1) is 37.7 Å². The van der Waals surface area contributed by atoms with Gasteiger partial charge in [0.1, 0.15) is 24.6 Å². The summed E-state index contributed by atoms with van der Waals surface area (Å²) >= 11 is 0. The van der Waals surface area contributed by atoms with Gasteiger partial charge in [-0.1, -0.05) is 18.2 Å². The van der Waals surface area contributed by atoms with Crippen LogP contribution >= 0.6 is 0 Å². The standard InChI is InChI=1S/C30H34N2O7/c1-18-16-31-24(19(2)26(18)35-6)17-32(29(34)39-30(3,4)5)20-14-23(27-25(15-20)37-12-13-38-27)21-10-8-9-11-22(21)28(33)36-7/h8-11,14-16H,12-13,17H2,1-7H3. The number of carbonyl (C=O) groups is 2. The molecule has 2 aromatic carbocycles. The summed E-state index contributed by atoms with van der Waals surface area (Å²) in [5.41, 5.74) is 3.64. The van der Waals surface area contributed by atoms with Crippen LogP contribution in [0.3, 0.4) is 0 Å². The van der Waals surface area contributed by atoms with Crippen molar-refractivity contribution in [2.24, 2.45) is 0 Å². The summed E-state index contributed by atoms with van der Waals surface area (Å²) in [6.07, 6.45) is 1.16. The molecular formula is C30H34N2O7. The van der Waals surface area contributed by atoms with Crippen molar-refractivity contribution in [1.82, 2.24) is 4.98 Å². The van der Waals surface area contributed by atoms with Crippen LogP contribution in [0.1, 0.15) is 48.0 Å². The van der Waals surface area contributed by atoms with Crippen LogP contribution in [-0.4, -0.2) is 50.1 Å². The van der Waals surface area contributed by atoms with E-state index in [1.807, 2.05) is 40.7 Å². The summed E-state index contributed by atoms with van der Waals surface area (Å²) < 4.78 is 28.4. The largest absolute Gasteiger partial charge is 0.496 e. The maximum Gasteiger partial charge on any atom is 0.415 e. The van der Waals surface area contributed by atoms with E-state index in [1.54, 1.807) is 43.6 Å². The molecule has 0 N–H and O–H groups in total. The van der Waals surface area contributed by atoms with Gasteiger partial charge in [-0.2, -0.15) is 0 Å². The van der Waals surface area contributed by atoms with Gasteiger partial charge in [0.25, 0.3) is 0 Å². The van der Waals surface area contributed by atoms with Crippen molar-refractivity contribution >= 4 is 17.7 Å². The number of ether oxygens (including phenoxy) is 5. The molecule has 4 rings (SSSR count). The van der Waals surface area contributed by atoms with Crippen molar-refractivity contribution in [3.63, 3.8) is 0 Å². The molecule has 9 nitrogen and oxygen atoms in total. The lowest BCUT2D eigenvalue weighted by Crippen LogP contribution is -2.37. The fraction of sp³-hybridized carbons (Fsp3) is 0.367. The molecule has 1 aliphatic heterocycles. The highest BCUT2D eigenvalue weighted by atomic mass is 16.6. The molecule has 0 unspecified atom stereocenters. The molecule has 0 bridgehead atoms. The summed E-state index contributed by atoms with van der Waals surface area (Å²) in [7, 11) is 2.94. The van der Waals surface area contributed by atoms with E-state index in [-0.39, 0.29) is 6.54 Å². The smallest absolute Gasteiger partial charge is 0.415 e. The summed E-state index contributed by atoms with van der Waals surface area (Å²) in [5.74, 6) is 1.15. The minimum Gasteiger partial charge on any atom is -0.496 e. The molecule has 1 amide bonds. The zero-order valence-electron chi connectivity index (χ0n) is 23.4. The molecule has 0 atom stereocenters. The molecular weight excluding hydrogens is 500 g/mol. The Kier molecular flexibility index (Phi) is 7.99. The molecule has 0 radical (unpaired) electrons. The summed E-state index contributed by atoms with van der Waals surface area (Å²) in [6, 6.07) is 10.6. The summed E-state index contributed by atoms with van der Waals surface area (Å²) in [5, 5.41) is 0. The molecule has 0 fully saturated rings. The van der Waals surface area contributed by atoms with Crippen molar-refractivity contribution in [2.75, 3.05) is 32.3 Å². The van der Waals surface area contributed by atoms with E-state index < -0.39 is 17.7 Å². The molecule has 0 saturated heterocycles. The molecule has 39 heavy (non-hydrogen) atoms. The van der Waals surface area contributed by atoms with E-state index in [9.17, 15) is 9.59 Å². The van der Waals surface area contributed by atoms with Gasteiger partial charge in [-0.3, -0.25) is 9.88 Å². The molecule has 9 heteroatoms. The van der Waals surface area contributed by atoms with Crippen molar-refractivity contribution in [1.29, 1.82) is 0 Å². The Morgan fingerprint density at radius 1 is 1.03 bits per heavy atom. The van der Waals surface area contributed by atoms with E-state index in [1.165, 1.54) is 12.0 Å². The Bertz CT molecular complexity index is 1390. The highest BCUT2D eigenvalue weighted by molar-refractivity contribution is 5.99. The molecule has 0 saturated carbocycles. The molecule has 0 spiro atoms. The lowest BCUT2D eigenvalue weighted by Gasteiger charge is -2.30. The number of esters is 1. The van der Waals surface area contributed by atoms with E-state index in [2.05, 4.69) is 4.98 Å². The predicted octanol–water partition coefficient (Wildman–Crippen LogP) is 5.87. The average Bonchev–Trinajstić information content (AvgIpc) is 2.91. The molecule has 1 aliphatic rings. The first kappa shape index (κ1) is 27.8. The van der Waals surface area contributed by atoms with Crippen molar-refractivity contribution < 1.29 is 33.3 Å². The van der Waals surface area contributed by atoms with Crippen LogP contribution in [0.15, 0.2) is 42.6 Å². The zero-order chi connectivity index (χ0) is 28.3. The second-order valence-corrected chi connectivity index (χ2v) is 10.2. The first-order valence-electron chi connectivity index (χ1n) is 12.6. The number of amides is 1. The Balaban J connectivity index is 1.91. The Labute approximate surface area is 228 Å². The van der Waals surface area contributed by atoms with Crippen LogP contribution < -0.4 is 19.1 Å². The summed E-state index contributed by atoms with van der Waals surface area (Å²) in [6.45, 7) is 10.0. The number of pyridine rings is 1. The fourth-order valence-electron chi connectivity index (χ4n) is 4.46. The lowest BCUT2D eigenvalue weighted by atomic mass is 9.97.